The van der Waals surface area contributed by atoms with Gasteiger partial charge >= 0.3 is 0 Å². The molecule has 0 aromatic heterocycles. The molecular weight excluding hydrogens is 261 g/mol. The predicted molar refractivity (Wildman–Crippen MR) is 74.5 cm³/mol. The minimum Gasteiger partial charge on any atom is -0.363 e. The molecule has 108 valence electrons. The Morgan fingerprint density at radius 1 is 1.25 bits per heavy atom. The lowest BCUT2D eigenvalue weighted by Gasteiger charge is -2.44. The van der Waals surface area contributed by atoms with Crippen LogP contribution in [0.3, 0.4) is 0 Å². The Kier molecular flexibility index (Phi) is 3.56. The molecule has 1 atom stereocenters. The van der Waals surface area contributed by atoms with E-state index in [2.05, 4.69) is 4.90 Å². The highest BCUT2D eigenvalue weighted by Crippen LogP contribution is 2.32. The molecule has 1 unspecified atom stereocenters. The van der Waals surface area contributed by atoms with Crippen LogP contribution in [0.5, 0.6) is 0 Å². The van der Waals surface area contributed by atoms with Crippen LogP contribution < -0.4 is 4.90 Å². The maximum absolute atomic E-state index is 13.2. The number of nitro benzene ring substituents is 1. The van der Waals surface area contributed by atoms with Crippen LogP contribution in [-0.4, -0.2) is 42.0 Å². The van der Waals surface area contributed by atoms with Crippen LogP contribution in [0.15, 0.2) is 18.2 Å². The van der Waals surface area contributed by atoms with Crippen LogP contribution in [0.25, 0.3) is 0 Å². The lowest BCUT2D eigenvalue weighted by Crippen LogP contribution is -2.55. The van der Waals surface area contributed by atoms with E-state index in [1.165, 1.54) is 25.0 Å². The van der Waals surface area contributed by atoms with Gasteiger partial charge in [0.1, 0.15) is 11.5 Å². The zero-order valence-electron chi connectivity index (χ0n) is 11.3. The van der Waals surface area contributed by atoms with Crippen molar-refractivity contribution in [2.24, 2.45) is 0 Å². The molecule has 2 saturated heterocycles. The van der Waals surface area contributed by atoms with Gasteiger partial charge in [0.05, 0.1) is 11.0 Å². The maximum atomic E-state index is 13.2. The first-order valence-corrected chi connectivity index (χ1v) is 7.08. The fourth-order valence-electron chi connectivity index (χ4n) is 3.29. The van der Waals surface area contributed by atoms with Crippen LogP contribution in [-0.2, 0) is 0 Å². The topological polar surface area (TPSA) is 49.6 Å². The number of halogens is 1. The standard InChI is InChI=1S/C14H18FN3O2/c15-11-4-5-13(14(9-11)18(19)20)17-8-7-16-6-2-1-3-12(16)10-17/h4-5,9,12H,1-3,6-8,10H2. The summed E-state index contributed by atoms with van der Waals surface area (Å²) in [7, 11) is 0. The van der Waals surface area contributed by atoms with E-state index in [-0.39, 0.29) is 5.69 Å². The Balaban J connectivity index is 1.84. The molecule has 0 aliphatic carbocycles. The number of fused-ring (bicyclic) bond motifs is 1. The van der Waals surface area contributed by atoms with Gasteiger partial charge in [-0.2, -0.15) is 0 Å². The van der Waals surface area contributed by atoms with E-state index in [0.717, 1.165) is 38.7 Å². The molecule has 1 aromatic carbocycles. The first-order valence-electron chi connectivity index (χ1n) is 7.08. The van der Waals surface area contributed by atoms with E-state index in [1.807, 2.05) is 4.90 Å². The lowest BCUT2D eigenvalue weighted by molar-refractivity contribution is -0.384. The number of nitrogens with zero attached hydrogens (tertiary/aromatic N) is 3. The summed E-state index contributed by atoms with van der Waals surface area (Å²) >= 11 is 0. The fourth-order valence-corrected chi connectivity index (χ4v) is 3.29. The Hall–Kier alpha value is -1.69. The number of benzene rings is 1. The molecule has 0 bridgehead atoms. The zero-order chi connectivity index (χ0) is 14.1. The monoisotopic (exact) mass is 279 g/mol. The van der Waals surface area contributed by atoms with Crippen LogP contribution in [0, 0.1) is 15.9 Å². The first-order chi connectivity index (χ1) is 9.65. The summed E-state index contributed by atoms with van der Waals surface area (Å²) in [5.74, 6) is -0.559. The van der Waals surface area contributed by atoms with Crippen molar-refractivity contribution >= 4 is 11.4 Å². The molecule has 6 heteroatoms. The van der Waals surface area contributed by atoms with E-state index >= 15 is 0 Å². The summed E-state index contributed by atoms with van der Waals surface area (Å²) in [5.41, 5.74) is 0.413. The third-order valence-electron chi connectivity index (χ3n) is 4.31. The number of hydrogen-bond acceptors (Lipinski definition) is 4. The van der Waals surface area contributed by atoms with Gasteiger partial charge in [-0.3, -0.25) is 15.0 Å². The van der Waals surface area contributed by atoms with E-state index in [1.54, 1.807) is 0 Å². The second kappa shape index (κ2) is 5.36. The summed E-state index contributed by atoms with van der Waals surface area (Å²) in [6.07, 6.45) is 3.61. The van der Waals surface area contributed by atoms with Gasteiger partial charge in [0, 0.05) is 25.7 Å². The van der Waals surface area contributed by atoms with Crippen molar-refractivity contribution in [2.45, 2.75) is 25.3 Å². The summed E-state index contributed by atoms with van der Waals surface area (Å²) in [5, 5.41) is 11.1. The molecule has 0 amide bonds. The molecule has 1 aromatic rings. The molecule has 2 heterocycles. The van der Waals surface area contributed by atoms with Gasteiger partial charge < -0.3 is 4.90 Å². The molecule has 2 aliphatic heterocycles. The largest absolute Gasteiger partial charge is 0.363 e. The number of rotatable bonds is 2. The van der Waals surface area contributed by atoms with E-state index < -0.39 is 10.7 Å². The molecule has 0 radical (unpaired) electrons. The van der Waals surface area contributed by atoms with Crippen molar-refractivity contribution in [2.75, 3.05) is 31.1 Å². The number of piperazine rings is 1. The van der Waals surface area contributed by atoms with E-state index in [0.29, 0.717) is 11.7 Å². The Morgan fingerprint density at radius 2 is 2.10 bits per heavy atom. The highest BCUT2D eigenvalue weighted by atomic mass is 19.1. The van der Waals surface area contributed by atoms with Crippen molar-refractivity contribution in [3.8, 4) is 0 Å². The quantitative estimate of drug-likeness (QED) is 0.616. The lowest BCUT2D eigenvalue weighted by atomic mass is 9.99. The van der Waals surface area contributed by atoms with Crippen molar-refractivity contribution < 1.29 is 9.31 Å². The molecule has 20 heavy (non-hydrogen) atoms. The zero-order valence-corrected chi connectivity index (χ0v) is 11.3. The molecule has 0 N–H and O–H groups in total. The summed E-state index contributed by atoms with van der Waals surface area (Å²) in [6, 6.07) is 4.33. The van der Waals surface area contributed by atoms with Crippen molar-refractivity contribution in [3.63, 3.8) is 0 Å². The van der Waals surface area contributed by atoms with E-state index in [4.69, 9.17) is 0 Å². The highest BCUT2D eigenvalue weighted by molar-refractivity contribution is 5.63. The summed E-state index contributed by atoms with van der Waals surface area (Å²) < 4.78 is 13.2. The second-order valence-corrected chi connectivity index (χ2v) is 5.52. The molecule has 5 nitrogen and oxygen atoms in total. The van der Waals surface area contributed by atoms with Crippen LogP contribution in [0.1, 0.15) is 19.3 Å². The van der Waals surface area contributed by atoms with Gasteiger partial charge in [-0.25, -0.2) is 4.39 Å². The Morgan fingerprint density at radius 3 is 2.90 bits per heavy atom. The van der Waals surface area contributed by atoms with Crippen molar-refractivity contribution in [1.29, 1.82) is 0 Å². The maximum Gasteiger partial charge on any atom is 0.295 e. The molecule has 2 fully saturated rings. The van der Waals surface area contributed by atoms with Gasteiger partial charge in [-0.15, -0.1) is 0 Å². The smallest absolute Gasteiger partial charge is 0.295 e. The third-order valence-corrected chi connectivity index (χ3v) is 4.31. The van der Waals surface area contributed by atoms with Crippen LogP contribution in [0.2, 0.25) is 0 Å². The average molecular weight is 279 g/mol. The molecule has 3 rings (SSSR count). The summed E-state index contributed by atoms with van der Waals surface area (Å²) in [4.78, 5) is 15.1. The Labute approximate surface area is 117 Å². The number of hydrogen-bond donors (Lipinski definition) is 0. The minimum atomic E-state index is -0.559. The van der Waals surface area contributed by atoms with Crippen LogP contribution >= 0.6 is 0 Å². The van der Waals surface area contributed by atoms with Gasteiger partial charge in [0.15, 0.2) is 0 Å². The number of piperidine rings is 1. The fraction of sp³-hybridized carbons (Fsp3) is 0.571. The van der Waals surface area contributed by atoms with Gasteiger partial charge in [0.2, 0.25) is 0 Å². The molecular formula is C14H18FN3O2. The van der Waals surface area contributed by atoms with Gasteiger partial charge in [0.25, 0.3) is 5.69 Å². The van der Waals surface area contributed by atoms with Crippen molar-refractivity contribution in [3.05, 3.63) is 34.1 Å². The number of anilines is 1. The molecule has 2 aliphatic rings. The van der Waals surface area contributed by atoms with Crippen LogP contribution in [0.4, 0.5) is 15.8 Å². The molecule has 0 spiro atoms. The average Bonchev–Trinajstić information content (AvgIpc) is 2.46. The van der Waals surface area contributed by atoms with Gasteiger partial charge in [-0.05, 0) is 31.5 Å². The normalized spacial score (nSPS) is 23.4. The molecule has 0 saturated carbocycles. The third kappa shape index (κ3) is 2.47. The first kappa shape index (κ1) is 13.3. The SMILES string of the molecule is O=[N+]([O-])c1cc(F)ccc1N1CCN2CCCCC2C1. The Bertz CT molecular complexity index is 523. The predicted octanol–water partition coefficient (Wildman–Crippen LogP) is 2.41. The number of nitro groups is 1. The minimum absolute atomic E-state index is 0.130. The second-order valence-electron chi connectivity index (χ2n) is 5.52. The van der Waals surface area contributed by atoms with E-state index in [9.17, 15) is 14.5 Å². The summed E-state index contributed by atoms with van der Waals surface area (Å²) in [6.45, 7) is 3.62. The van der Waals surface area contributed by atoms with Crippen molar-refractivity contribution in [1.82, 2.24) is 4.90 Å². The van der Waals surface area contributed by atoms with Gasteiger partial charge in [-0.1, -0.05) is 6.42 Å². The highest BCUT2D eigenvalue weighted by Gasteiger charge is 2.31.